The highest BCUT2D eigenvalue weighted by atomic mass is 16.5. The summed E-state index contributed by atoms with van der Waals surface area (Å²) in [4.78, 5) is 41.5. The van der Waals surface area contributed by atoms with Crippen molar-refractivity contribution in [3.63, 3.8) is 0 Å². The lowest BCUT2D eigenvalue weighted by Crippen LogP contribution is -2.40. The average molecular weight is 477 g/mol. The number of hydrogen-bond donors (Lipinski definition) is 2. The molecule has 5 aromatic rings. The largest absolute Gasteiger partial charge is 0.468 e. The topological polar surface area (TPSA) is 128 Å². The first-order chi connectivity index (χ1) is 16.9. The van der Waals surface area contributed by atoms with Gasteiger partial charge in [0.15, 0.2) is 11.5 Å². The van der Waals surface area contributed by atoms with Gasteiger partial charge in [0.2, 0.25) is 5.88 Å². The van der Waals surface area contributed by atoms with Gasteiger partial charge < -0.3 is 14.7 Å². The highest BCUT2D eigenvalue weighted by molar-refractivity contribution is 5.76. The molecule has 0 aliphatic carbocycles. The Kier molecular flexibility index (Phi) is 5.75. The maximum absolute atomic E-state index is 13.0. The summed E-state index contributed by atoms with van der Waals surface area (Å²) in [5, 5.41) is 4.43. The maximum atomic E-state index is 13.0. The SMILES string of the molecule is CCCn1c(=O)c2[nH]c(-c3cc(OCc4nc5ccc(C)cc5[nH]4)nn3C)nc2n(CCC)c1=O. The molecule has 0 amide bonds. The number of aromatic amines is 2. The van der Waals surface area contributed by atoms with Gasteiger partial charge in [-0.2, -0.15) is 0 Å². The second kappa shape index (κ2) is 8.90. The number of H-pyrrole nitrogens is 2. The number of rotatable bonds is 8. The molecule has 0 fully saturated rings. The van der Waals surface area contributed by atoms with Crippen LogP contribution in [-0.2, 0) is 26.7 Å². The molecule has 0 atom stereocenters. The zero-order valence-corrected chi connectivity index (χ0v) is 20.3. The third-order valence-corrected chi connectivity index (χ3v) is 5.90. The van der Waals surface area contributed by atoms with Gasteiger partial charge in [0.05, 0.1) is 11.0 Å². The van der Waals surface area contributed by atoms with Gasteiger partial charge in [-0.05, 0) is 37.5 Å². The van der Waals surface area contributed by atoms with E-state index >= 15 is 0 Å². The highest BCUT2D eigenvalue weighted by Crippen LogP contribution is 2.23. The second-order valence-corrected chi connectivity index (χ2v) is 8.66. The lowest BCUT2D eigenvalue weighted by Gasteiger charge is -2.09. The van der Waals surface area contributed by atoms with E-state index in [4.69, 9.17) is 4.74 Å². The van der Waals surface area contributed by atoms with E-state index in [0.717, 1.165) is 23.0 Å². The fourth-order valence-electron chi connectivity index (χ4n) is 4.25. The molecular weight excluding hydrogens is 448 g/mol. The molecule has 4 aromatic heterocycles. The number of hydrogen-bond acceptors (Lipinski definition) is 6. The van der Waals surface area contributed by atoms with Crippen molar-refractivity contribution in [1.82, 2.24) is 38.9 Å². The molecule has 5 rings (SSSR count). The van der Waals surface area contributed by atoms with E-state index in [1.807, 2.05) is 39.0 Å². The van der Waals surface area contributed by atoms with Crippen LogP contribution in [0.3, 0.4) is 0 Å². The van der Waals surface area contributed by atoms with Crippen LogP contribution in [0.25, 0.3) is 33.7 Å². The Bertz CT molecular complexity index is 1650. The van der Waals surface area contributed by atoms with Crippen LogP contribution in [0.5, 0.6) is 5.88 Å². The zero-order chi connectivity index (χ0) is 24.7. The predicted molar refractivity (Wildman–Crippen MR) is 133 cm³/mol. The molecule has 0 aliphatic heterocycles. The monoisotopic (exact) mass is 476 g/mol. The lowest BCUT2D eigenvalue weighted by atomic mass is 10.2. The first kappa shape index (κ1) is 22.6. The molecular formula is C24H28N8O3. The summed E-state index contributed by atoms with van der Waals surface area (Å²) in [5.74, 6) is 1.54. The second-order valence-electron chi connectivity index (χ2n) is 8.66. The van der Waals surface area contributed by atoms with Gasteiger partial charge >= 0.3 is 5.69 Å². The number of fused-ring (bicyclic) bond motifs is 2. The molecule has 0 saturated heterocycles. The summed E-state index contributed by atoms with van der Waals surface area (Å²) >= 11 is 0. The van der Waals surface area contributed by atoms with Crippen molar-refractivity contribution < 1.29 is 4.74 Å². The molecule has 4 heterocycles. The molecule has 0 radical (unpaired) electrons. The van der Waals surface area contributed by atoms with Crippen LogP contribution in [0.1, 0.15) is 38.1 Å². The third kappa shape index (κ3) is 4.02. The zero-order valence-electron chi connectivity index (χ0n) is 20.3. The Balaban J connectivity index is 1.47. The van der Waals surface area contributed by atoms with Gasteiger partial charge in [-0.1, -0.05) is 19.9 Å². The standard InChI is InChI=1S/C24H28N8O3/c1-5-9-31-22-20(23(33)32(10-6-2)24(31)34)27-21(28-22)17-12-19(29-30(17)4)35-13-18-25-15-8-7-14(3)11-16(15)26-18/h7-8,11-12H,5-6,9-10,13H2,1-4H3,(H,25,26)(H,27,28). The number of nitrogens with zero attached hydrogens (tertiary/aromatic N) is 6. The highest BCUT2D eigenvalue weighted by Gasteiger charge is 2.19. The van der Waals surface area contributed by atoms with Crippen LogP contribution < -0.4 is 16.0 Å². The molecule has 1 aromatic carbocycles. The lowest BCUT2D eigenvalue weighted by molar-refractivity contribution is 0.283. The Hall–Kier alpha value is -4.15. The van der Waals surface area contributed by atoms with Crippen molar-refractivity contribution in [2.75, 3.05) is 0 Å². The van der Waals surface area contributed by atoms with E-state index in [2.05, 4.69) is 25.0 Å². The molecule has 2 N–H and O–H groups in total. The van der Waals surface area contributed by atoms with E-state index in [1.165, 1.54) is 4.57 Å². The van der Waals surface area contributed by atoms with Gasteiger partial charge in [0, 0.05) is 26.2 Å². The minimum Gasteiger partial charge on any atom is -0.468 e. The smallest absolute Gasteiger partial charge is 0.332 e. The minimum absolute atomic E-state index is 0.224. The van der Waals surface area contributed by atoms with E-state index in [-0.39, 0.29) is 17.9 Å². The van der Waals surface area contributed by atoms with Crippen LogP contribution in [-0.4, -0.2) is 38.9 Å². The third-order valence-electron chi connectivity index (χ3n) is 5.90. The first-order valence-electron chi connectivity index (χ1n) is 11.7. The number of benzene rings is 1. The minimum atomic E-state index is -0.364. The van der Waals surface area contributed by atoms with Crippen molar-refractivity contribution >= 4 is 22.2 Å². The van der Waals surface area contributed by atoms with Crippen molar-refractivity contribution in [2.45, 2.75) is 53.3 Å². The Morgan fingerprint density at radius 1 is 1.00 bits per heavy atom. The van der Waals surface area contributed by atoms with Gasteiger partial charge in [-0.25, -0.2) is 14.8 Å². The van der Waals surface area contributed by atoms with E-state index in [1.54, 1.807) is 22.4 Å². The molecule has 11 heteroatoms. The summed E-state index contributed by atoms with van der Waals surface area (Å²) in [6.45, 7) is 7.00. The summed E-state index contributed by atoms with van der Waals surface area (Å²) < 4.78 is 10.3. The van der Waals surface area contributed by atoms with E-state index < -0.39 is 0 Å². The normalized spacial score (nSPS) is 11.7. The fraction of sp³-hybridized carbons (Fsp3) is 0.375. The van der Waals surface area contributed by atoms with Crippen LogP contribution in [0.4, 0.5) is 0 Å². The molecule has 0 spiro atoms. The molecule has 0 aliphatic rings. The van der Waals surface area contributed by atoms with Crippen molar-refractivity contribution in [3.05, 3.63) is 56.5 Å². The summed E-state index contributed by atoms with van der Waals surface area (Å²) in [7, 11) is 1.77. The van der Waals surface area contributed by atoms with Crippen molar-refractivity contribution in [3.8, 4) is 17.4 Å². The van der Waals surface area contributed by atoms with Gasteiger partial charge in [-0.15, -0.1) is 5.10 Å². The number of nitrogens with one attached hydrogen (secondary N) is 2. The Labute approximate surface area is 200 Å². The first-order valence-corrected chi connectivity index (χ1v) is 11.7. The number of aromatic nitrogens is 8. The molecule has 11 nitrogen and oxygen atoms in total. The summed E-state index contributed by atoms with van der Waals surface area (Å²) in [5.41, 5.74) is 3.58. The number of ether oxygens (including phenoxy) is 1. The van der Waals surface area contributed by atoms with Gasteiger partial charge in [0.1, 0.15) is 23.6 Å². The van der Waals surface area contributed by atoms with Gasteiger partial charge in [-0.3, -0.25) is 18.6 Å². The van der Waals surface area contributed by atoms with E-state index in [0.29, 0.717) is 53.9 Å². The molecule has 0 bridgehead atoms. The van der Waals surface area contributed by atoms with Crippen LogP contribution >= 0.6 is 0 Å². The Morgan fingerprint density at radius 2 is 1.77 bits per heavy atom. The van der Waals surface area contributed by atoms with E-state index in [9.17, 15) is 9.59 Å². The summed E-state index contributed by atoms with van der Waals surface area (Å²) in [6.07, 6.45) is 1.42. The molecule has 35 heavy (non-hydrogen) atoms. The maximum Gasteiger partial charge on any atom is 0.332 e. The molecule has 182 valence electrons. The number of aryl methyl sites for hydroxylation is 3. The fourth-order valence-corrected chi connectivity index (χ4v) is 4.25. The predicted octanol–water partition coefficient (Wildman–Crippen LogP) is 2.87. The van der Waals surface area contributed by atoms with Crippen molar-refractivity contribution in [2.24, 2.45) is 7.05 Å². The van der Waals surface area contributed by atoms with Crippen LogP contribution in [0.2, 0.25) is 0 Å². The van der Waals surface area contributed by atoms with Crippen LogP contribution in [0.15, 0.2) is 33.9 Å². The quantitative estimate of drug-likeness (QED) is 0.354. The van der Waals surface area contributed by atoms with Crippen molar-refractivity contribution in [1.29, 1.82) is 0 Å². The van der Waals surface area contributed by atoms with Gasteiger partial charge in [0.25, 0.3) is 5.56 Å². The van der Waals surface area contributed by atoms with Crippen LogP contribution in [0, 0.1) is 6.92 Å². The average Bonchev–Trinajstić information content (AvgIpc) is 3.54. The molecule has 0 saturated carbocycles. The molecule has 0 unspecified atom stereocenters. The summed E-state index contributed by atoms with van der Waals surface area (Å²) in [6, 6.07) is 7.77. The Morgan fingerprint density at radius 3 is 2.54 bits per heavy atom. The number of imidazole rings is 2.